The first-order valence-electron chi connectivity index (χ1n) is 2.78. The summed E-state index contributed by atoms with van der Waals surface area (Å²) >= 11 is 0. The molecule has 1 aromatic heterocycles. The first kappa shape index (κ1) is 6.67. The number of nitrogens with zero attached hydrogens (tertiary/aromatic N) is 2. The number of aromatic nitrogens is 2. The van der Waals surface area contributed by atoms with Crippen molar-refractivity contribution in [3.05, 3.63) is 18.0 Å². The van der Waals surface area contributed by atoms with Crippen LogP contribution in [0.15, 0.2) is 12.4 Å². The van der Waals surface area contributed by atoms with Crippen molar-refractivity contribution in [3.63, 3.8) is 0 Å². The van der Waals surface area contributed by atoms with Gasteiger partial charge in [0.15, 0.2) is 5.78 Å². The van der Waals surface area contributed by atoms with Crippen molar-refractivity contribution in [2.45, 2.75) is 6.92 Å². The third-order valence-corrected chi connectivity index (χ3v) is 1.08. The standard InChI is InChI=1S/C6H7N3O/c1-4(10)5-2-8-6(7)9-3-5/h2-3H,1H3,(H2,7,8,9). The molecule has 0 aliphatic rings. The number of carbonyl (C=O) groups is 1. The van der Waals surface area contributed by atoms with Crippen LogP contribution in [0.5, 0.6) is 0 Å². The summed E-state index contributed by atoms with van der Waals surface area (Å²) in [6.45, 7) is 1.45. The number of ketones is 1. The monoisotopic (exact) mass is 137 g/mol. The summed E-state index contributed by atoms with van der Waals surface area (Å²) in [5.74, 6) is 0.130. The van der Waals surface area contributed by atoms with Gasteiger partial charge in [0.05, 0.1) is 5.56 Å². The summed E-state index contributed by atoms with van der Waals surface area (Å²) in [4.78, 5) is 17.9. The van der Waals surface area contributed by atoms with E-state index in [-0.39, 0.29) is 11.7 Å². The molecule has 4 heteroatoms. The van der Waals surface area contributed by atoms with Crippen LogP contribution in [0.4, 0.5) is 5.95 Å². The maximum atomic E-state index is 10.6. The topological polar surface area (TPSA) is 68.9 Å². The maximum Gasteiger partial charge on any atom is 0.219 e. The molecule has 1 aromatic rings. The van der Waals surface area contributed by atoms with Crippen LogP contribution in [0.1, 0.15) is 17.3 Å². The Labute approximate surface area is 58.1 Å². The second-order valence-corrected chi connectivity index (χ2v) is 1.89. The summed E-state index contributed by atoms with van der Waals surface area (Å²) in [5.41, 5.74) is 5.67. The summed E-state index contributed by atoms with van der Waals surface area (Å²) < 4.78 is 0. The Morgan fingerprint density at radius 3 is 2.40 bits per heavy atom. The number of nitrogens with two attached hydrogens (primary N) is 1. The van der Waals surface area contributed by atoms with Crippen molar-refractivity contribution in [2.75, 3.05) is 5.73 Å². The smallest absolute Gasteiger partial charge is 0.219 e. The van der Waals surface area contributed by atoms with Gasteiger partial charge in [-0.15, -0.1) is 0 Å². The Bertz CT molecular complexity index is 242. The fraction of sp³-hybridized carbons (Fsp3) is 0.167. The van der Waals surface area contributed by atoms with Crippen LogP contribution in [0.25, 0.3) is 0 Å². The number of Topliss-reactive ketones (excluding diaryl/α,β-unsaturated/α-hetero) is 1. The van der Waals surface area contributed by atoms with E-state index in [2.05, 4.69) is 9.97 Å². The zero-order chi connectivity index (χ0) is 7.56. The Hall–Kier alpha value is -1.45. The molecule has 0 unspecified atom stereocenters. The Balaban J connectivity index is 3.00. The molecule has 0 saturated carbocycles. The van der Waals surface area contributed by atoms with Gasteiger partial charge in [-0.1, -0.05) is 0 Å². The molecule has 0 fully saturated rings. The molecule has 0 atom stereocenters. The van der Waals surface area contributed by atoms with E-state index in [1.807, 2.05) is 0 Å². The average Bonchev–Trinajstić information content (AvgIpc) is 1.88. The lowest BCUT2D eigenvalue weighted by Crippen LogP contribution is -1.98. The molecule has 2 N–H and O–H groups in total. The lowest BCUT2D eigenvalue weighted by Gasteiger charge is -1.92. The summed E-state index contributed by atoms with van der Waals surface area (Å²) in [6, 6.07) is 0. The van der Waals surface area contributed by atoms with Gasteiger partial charge < -0.3 is 5.73 Å². The van der Waals surface area contributed by atoms with E-state index in [1.165, 1.54) is 19.3 Å². The molecule has 0 amide bonds. The van der Waals surface area contributed by atoms with Crippen molar-refractivity contribution < 1.29 is 4.79 Å². The van der Waals surface area contributed by atoms with E-state index in [4.69, 9.17) is 5.73 Å². The van der Waals surface area contributed by atoms with Gasteiger partial charge in [0.2, 0.25) is 5.95 Å². The highest BCUT2D eigenvalue weighted by Crippen LogP contribution is 1.96. The molecular formula is C6H7N3O. The van der Waals surface area contributed by atoms with Crippen LogP contribution in [-0.2, 0) is 0 Å². The fourth-order valence-corrected chi connectivity index (χ4v) is 0.520. The van der Waals surface area contributed by atoms with E-state index in [0.29, 0.717) is 5.56 Å². The highest BCUT2D eigenvalue weighted by molar-refractivity contribution is 5.93. The van der Waals surface area contributed by atoms with Crippen molar-refractivity contribution >= 4 is 11.7 Å². The Kier molecular flexibility index (Phi) is 1.62. The summed E-state index contributed by atoms with van der Waals surface area (Å²) in [7, 11) is 0. The molecular weight excluding hydrogens is 130 g/mol. The minimum absolute atomic E-state index is 0.0556. The van der Waals surface area contributed by atoms with Crippen molar-refractivity contribution in [3.8, 4) is 0 Å². The average molecular weight is 137 g/mol. The van der Waals surface area contributed by atoms with Gasteiger partial charge >= 0.3 is 0 Å². The number of rotatable bonds is 1. The Morgan fingerprint density at radius 1 is 1.50 bits per heavy atom. The third-order valence-electron chi connectivity index (χ3n) is 1.08. The van der Waals surface area contributed by atoms with Crippen molar-refractivity contribution in [2.24, 2.45) is 0 Å². The predicted molar refractivity (Wildman–Crippen MR) is 36.4 cm³/mol. The van der Waals surface area contributed by atoms with E-state index < -0.39 is 0 Å². The van der Waals surface area contributed by atoms with Crippen LogP contribution in [0.2, 0.25) is 0 Å². The second kappa shape index (κ2) is 2.43. The molecule has 1 rings (SSSR count). The molecule has 0 aromatic carbocycles. The third kappa shape index (κ3) is 1.28. The summed E-state index contributed by atoms with van der Waals surface area (Å²) in [6.07, 6.45) is 2.81. The normalized spacial score (nSPS) is 9.30. The number of carbonyl (C=O) groups excluding carboxylic acids is 1. The van der Waals surface area contributed by atoms with Gasteiger partial charge in [-0.3, -0.25) is 4.79 Å². The van der Waals surface area contributed by atoms with Crippen LogP contribution < -0.4 is 5.73 Å². The fourth-order valence-electron chi connectivity index (χ4n) is 0.520. The minimum Gasteiger partial charge on any atom is -0.368 e. The first-order chi connectivity index (χ1) is 4.70. The highest BCUT2D eigenvalue weighted by Gasteiger charge is 1.97. The molecule has 0 bridgehead atoms. The van der Waals surface area contributed by atoms with E-state index in [0.717, 1.165) is 0 Å². The number of hydrogen-bond donors (Lipinski definition) is 1. The number of nitrogen functional groups attached to an aromatic ring is 1. The van der Waals surface area contributed by atoms with Crippen LogP contribution in [0.3, 0.4) is 0 Å². The zero-order valence-corrected chi connectivity index (χ0v) is 5.53. The van der Waals surface area contributed by atoms with Crippen molar-refractivity contribution in [1.82, 2.24) is 9.97 Å². The van der Waals surface area contributed by atoms with Crippen molar-refractivity contribution in [1.29, 1.82) is 0 Å². The van der Waals surface area contributed by atoms with Gasteiger partial charge in [-0.25, -0.2) is 9.97 Å². The minimum atomic E-state index is -0.0556. The van der Waals surface area contributed by atoms with Gasteiger partial charge in [0.25, 0.3) is 0 Å². The SMILES string of the molecule is CC(=O)c1cnc(N)nc1. The summed E-state index contributed by atoms with van der Waals surface area (Å²) in [5, 5.41) is 0. The van der Waals surface area contributed by atoms with Gasteiger partial charge in [0, 0.05) is 12.4 Å². The molecule has 4 nitrogen and oxygen atoms in total. The molecule has 0 radical (unpaired) electrons. The quantitative estimate of drug-likeness (QED) is 0.564. The van der Waals surface area contributed by atoms with Gasteiger partial charge in [-0.2, -0.15) is 0 Å². The molecule has 52 valence electrons. The van der Waals surface area contributed by atoms with Crippen LogP contribution in [-0.4, -0.2) is 15.8 Å². The van der Waals surface area contributed by atoms with Gasteiger partial charge in [-0.05, 0) is 6.92 Å². The molecule has 0 spiro atoms. The van der Waals surface area contributed by atoms with Crippen LogP contribution >= 0.6 is 0 Å². The maximum absolute atomic E-state index is 10.6. The zero-order valence-electron chi connectivity index (χ0n) is 5.53. The lowest BCUT2D eigenvalue weighted by atomic mass is 10.2. The Morgan fingerprint density at radius 2 is 2.00 bits per heavy atom. The molecule has 0 aliphatic heterocycles. The lowest BCUT2D eigenvalue weighted by molar-refractivity contribution is 0.101. The van der Waals surface area contributed by atoms with Crippen LogP contribution in [0, 0.1) is 0 Å². The second-order valence-electron chi connectivity index (χ2n) is 1.89. The predicted octanol–water partition coefficient (Wildman–Crippen LogP) is 0.261. The van der Waals surface area contributed by atoms with E-state index in [9.17, 15) is 4.79 Å². The van der Waals surface area contributed by atoms with E-state index >= 15 is 0 Å². The van der Waals surface area contributed by atoms with Gasteiger partial charge in [0.1, 0.15) is 0 Å². The van der Waals surface area contributed by atoms with E-state index in [1.54, 1.807) is 0 Å². The highest BCUT2D eigenvalue weighted by atomic mass is 16.1. The number of anilines is 1. The first-order valence-corrected chi connectivity index (χ1v) is 2.78. The molecule has 1 heterocycles. The molecule has 10 heavy (non-hydrogen) atoms. The number of hydrogen-bond acceptors (Lipinski definition) is 4. The largest absolute Gasteiger partial charge is 0.368 e. The molecule has 0 saturated heterocycles. The molecule has 0 aliphatic carbocycles.